The lowest BCUT2D eigenvalue weighted by atomic mass is 9.92. The highest BCUT2D eigenvalue weighted by atomic mass is 19.4. The van der Waals surface area contributed by atoms with E-state index in [0.717, 1.165) is 19.2 Å². The molecular formula is C22H30F3NO7. The zero-order valence-electron chi connectivity index (χ0n) is 19.6. The average Bonchev–Trinajstić information content (AvgIpc) is 2.69. The van der Waals surface area contributed by atoms with Gasteiger partial charge < -0.3 is 24.3 Å². The lowest BCUT2D eigenvalue weighted by Crippen LogP contribution is -2.57. The van der Waals surface area contributed by atoms with Gasteiger partial charge in [0.25, 0.3) is 5.60 Å². The van der Waals surface area contributed by atoms with Crippen molar-refractivity contribution < 1.29 is 46.5 Å². The fraction of sp³-hybridized carbons (Fsp3) is 0.591. The second-order valence-electron chi connectivity index (χ2n) is 8.51. The molecule has 1 aromatic carbocycles. The minimum atomic E-state index is -5.24. The minimum absolute atomic E-state index is 0.546. The molecule has 0 radical (unpaired) electrons. The van der Waals surface area contributed by atoms with Gasteiger partial charge in [-0.3, -0.25) is 0 Å². The van der Waals surface area contributed by atoms with Crippen molar-refractivity contribution in [1.82, 2.24) is 5.32 Å². The van der Waals surface area contributed by atoms with Crippen molar-refractivity contribution in [2.45, 2.75) is 64.1 Å². The molecule has 1 aromatic rings. The van der Waals surface area contributed by atoms with Crippen LogP contribution in [-0.2, 0) is 34.1 Å². The predicted octanol–water partition coefficient (Wildman–Crippen LogP) is 3.72. The van der Waals surface area contributed by atoms with Gasteiger partial charge in [0, 0.05) is 12.7 Å². The van der Waals surface area contributed by atoms with Crippen molar-refractivity contribution in [3.8, 4) is 0 Å². The molecule has 8 nitrogen and oxygen atoms in total. The Bertz CT molecular complexity index is 822. The summed E-state index contributed by atoms with van der Waals surface area (Å²) in [7, 11) is 1.67. The fourth-order valence-electron chi connectivity index (χ4n) is 3.01. The Morgan fingerprint density at radius 2 is 1.52 bits per heavy atom. The van der Waals surface area contributed by atoms with Gasteiger partial charge in [-0.15, -0.1) is 0 Å². The highest BCUT2D eigenvalue weighted by Crippen LogP contribution is 2.43. The number of carbonyl (C=O) groups is 3. The summed E-state index contributed by atoms with van der Waals surface area (Å²) >= 11 is 0. The first-order valence-corrected chi connectivity index (χ1v) is 10.1. The first-order valence-electron chi connectivity index (χ1n) is 10.1. The van der Waals surface area contributed by atoms with Crippen LogP contribution in [0.25, 0.3) is 0 Å². The molecule has 0 fully saturated rings. The Balaban J connectivity index is 3.43. The number of hydrogen-bond acceptors (Lipinski definition) is 7. The Morgan fingerprint density at radius 1 is 0.970 bits per heavy atom. The second kappa shape index (κ2) is 10.9. The molecule has 1 unspecified atom stereocenters. The molecule has 1 amide bonds. The molecule has 33 heavy (non-hydrogen) atoms. The lowest BCUT2D eigenvalue weighted by Gasteiger charge is -2.35. The maximum Gasteiger partial charge on any atom is 0.432 e. The topological polar surface area (TPSA) is 100 Å². The van der Waals surface area contributed by atoms with Gasteiger partial charge in [-0.05, 0) is 26.7 Å². The number of hydrogen-bond donors (Lipinski definition) is 1. The SMILES string of the molecule is COC(=O)C(OC(=O)[C@](OC)(c1ccccc1)C(F)(F)F)[C@@H](NC(=O)OC(C)(C)C)C(C)C. The van der Waals surface area contributed by atoms with Crippen LogP contribution in [0.3, 0.4) is 0 Å². The zero-order valence-corrected chi connectivity index (χ0v) is 19.6. The van der Waals surface area contributed by atoms with Crippen LogP contribution in [-0.4, -0.2) is 56.2 Å². The number of amides is 1. The number of benzene rings is 1. The van der Waals surface area contributed by atoms with Crippen LogP contribution >= 0.6 is 0 Å². The van der Waals surface area contributed by atoms with Crippen molar-refractivity contribution in [3.05, 3.63) is 35.9 Å². The van der Waals surface area contributed by atoms with Crippen molar-refractivity contribution in [2.75, 3.05) is 14.2 Å². The number of alkyl halides is 3. The second-order valence-corrected chi connectivity index (χ2v) is 8.51. The van der Waals surface area contributed by atoms with Crippen molar-refractivity contribution in [2.24, 2.45) is 5.92 Å². The summed E-state index contributed by atoms with van der Waals surface area (Å²) in [6.07, 6.45) is -8.12. The summed E-state index contributed by atoms with van der Waals surface area (Å²) in [5.74, 6) is -3.64. The van der Waals surface area contributed by atoms with Gasteiger partial charge in [-0.25, -0.2) is 14.4 Å². The summed E-state index contributed by atoms with van der Waals surface area (Å²) in [6, 6.07) is 4.87. The molecular weight excluding hydrogens is 447 g/mol. The first kappa shape index (κ1) is 28.2. The Hall–Kier alpha value is -2.82. The summed E-state index contributed by atoms with van der Waals surface area (Å²) in [5, 5.41) is 2.38. The third-order valence-electron chi connectivity index (χ3n) is 4.57. The Kier molecular flexibility index (Phi) is 9.29. The first-order chi connectivity index (χ1) is 15.1. The van der Waals surface area contributed by atoms with Crippen LogP contribution < -0.4 is 5.32 Å². The van der Waals surface area contributed by atoms with Crippen LogP contribution in [0.2, 0.25) is 0 Å². The maximum atomic E-state index is 14.2. The van der Waals surface area contributed by atoms with E-state index < -0.39 is 59.0 Å². The number of rotatable bonds is 8. The smallest absolute Gasteiger partial charge is 0.432 e. The molecule has 0 spiro atoms. The van der Waals surface area contributed by atoms with Gasteiger partial charge >= 0.3 is 24.2 Å². The van der Waals surface area contributed by atoms with Crippen molar-refractivity contribution >= 4 is 18.0 Å². The van der Waals surface area contributed by atoms with Crippen LogP contribution in [0.4, 0.5) is 18.0 Å². The Morgan fingerprint density at radius 3 is 1.91 bits per heavy atom. The fourth-order valence-corrected chi connectivity index (χ4v) is 3.01. The van der Waals surface area contributed by atoms with E-state index in [1.807, 2.05) is 0 Å². The number of esters is 2. The van der Waals surface area contributed by atoms with Gasteiger partial charge in [0.15, 0.2) is 0 Å². The predicted molar refractivity (Wildman–Crippen MR) is 111 cm³/mol. The molecule has 3 atom stereocenters. The van der Waals surface area contributed by atoms with E-state index in [0.29, 0.717) is 7.11 Å². The lowest BCUT2D eigenvalue weighted by molar-refractivity contribution is -0.278. The maximum absolute atomic E-state index is 14.2. The largest absolute Gasteiger partial charge is 0.466 e. The number of ether oxygens (including phenoxy) is 4. The molecule has 0 aromatic heterocycles. The van der Waals surface area contributed by atoms with E-state index in [9.17, 15) is 27.6 Å². The van der Waals surface area contributed by atoms with E-state index in [1.165, 1.54) is 18.2 Å². The van der Waals surface area contributed by atoms with Crippen LogP contribution in [0, 0.1) is 5.92 Å². The van der Waals surface area contributed by atoms with Gasteiger partial charge in [0.2, 0.25) is 6.10 Å². The molecule has 1 N–H and O–H groups in total. The number of methoxy groups -OCH3 is 2. The van der Waals surface area contributed by atoms with E-state index in [1.54, 1.807) is 34.6 Å². The van der Waals surface area contributed by atoms with Gasteiger partial charge in [0.05, 0.1) is 13.2 Å². The normalized spacial score (nSPS) is 15.7. The summed E-state index contributed by atoms with van der Waals surface area (Å²) in [4.78, 5) is 37.7. The Labute approximate surface area is 190 Å². The molecule has 0 aliphatic heterocycles. The van der Waals surface area contributed by atoms with Crippen LogP contribution in [0.5, 0.6) is 0 Å². The number of alkyl carbamates (subject to hydrolysis) is 1. The molecule has 0 aliphatic carbocycles. The summed E-state index contributed by atoms with van der Waals surface area (Å²) in [6.45, 7) is 7.94. The van der Waals surface area contributed by atoms with Crippen LogP contribution in [0.15, 0.2) is 30.3 Å². The van der Waals surface area contributed by atoms with E-state index in [2.05, 4.69) is 14.8 Å². The molecule has 0 saturated heterocycles. The molecule has 0 saturated carbocycles. The molecule has 0 bridgehead atoms. The molecule has 11 heteroatoms. The minimum Gasteiger partial charge on any atom is -0.466 e. The zero-order chi connectivity index (χ0) is 25.6. The third-order valence-corrected chi connectivity index (χ3v) is 4.57. The number of halogens is 3. The quantitative estimate of drug-likeness (QED) is 0.450. The average molecular weight is 477 g/mol. The van der Waals surface area contributed by atoms with Crippen molar-refractivity contribution in [1.29, 1.82) is 0 Å². The summed E-state index contributed by atoms with van der Waals surface area (Å²) < 4.78 is 62.0. The highest BCUT2D eigenvalue weighted by Gasteiger charge is 2.64. The summed E-state index contributed by atoms with van der Waals surface area (Å²) in [5.41, 5.74) is -4.96. The number of nitrogens with one attached hydrogen (secondary N) is 1. The number of carbonyl (C=O) groups excluding carboxylic acids is 3. The van der Waals surface area contributed by atoms with E-state index in [-0.39, 0.29) is 0 Å². The highest BCUT2D eigenvalue weighted by molar-refractivity contribution is 5.86. The molecule has 1 rings (SSSR count). The molecule has 0 heterocycles. The monoisotopic (exact) mass is 477 g/mol. The third kappa shape index (κ3) is 6.83. The van der Waals surface area contributed by atoms with Gasteiger partial charge in [-0.2, -0.15) is 13.2 Å². The van der Waals surface area contributed by atoms with Crippen LogP contribution in [0.1, 0.15) is 40.2 Å². The van der Waals surface area contributed by atoms with E-state index in [4.69, 9.17) is 9.47 Å². The van der Waals surface area contributed by atoms with Gasteiger partial charge in [0.1, 0.15) is 5.60 Å². The standard InChI is InChI=1S/C22H30F3NO7/c1-13(2)15(26-19(29)33-20(3,4)5)16(17(27)30-6)32-18(28)21(31-7,22(23,24)25)14-11-9-8-10-12-14/h8-13,15-16H,1-7H3,(H,26,29)/t15-,16?,21+/m0/s1. The molecule has 186 valence electrons. The van der Waals surface area contributed by atoms with Gasteiger partial charge in [-0.1, -0.05) is 44.2 Å². The molecule has 0 aliphatic rings. The van der Waals surface area contributed by atoms with Crippen molar-refractivity contribution in [3.63, 3.8) is 0 Å². The van der Waals surface area contributed by atoms with E-state index >= 15 is 0 Å².